The van der Waals surface area contributed by atoms with Gasteiger partial charge in [0.05, 0.1) is 14.2 Å². The van der Waals surface area contributed by atoms with Gasteiger partial charge < -0.3 is 20.1 Å². The molecule has 26 heavy (non-hydrogen) atoms. The third-order valence-corrected chi connectivity index (χ3v) is 4.33. The molecule has 1 aromatic carbocycles. The van der Waals surface area contributed by atoms with Crippen molar-refractivity contribution in [3.05, 3.63) is 23.8 Å². The fourth-order valence-corrected chi connectivity index (χ4v) is 3.00. The van der Waals surface area contributed by atoms with Gasteiger partial charge in [-0.15, -0.1) is 24.0 Å². The SMILES string of the molecule is CN=C(NCC(C)C)NC1CCN(Cc2cc(OC)cc(OC)c2)C1.I. The van der Waals surface area contributed by atoms with Crippen LogP contribution in [0.2, 0.25) is 0 Å². The van der Waals surface area contributed by atoms with E-state index < -0.39 is 0 Å². The summed E-state index contributed by atoms with van der Waals surface area (Å²) in [6.07, 6.45) is 1.11. The van der Waals surface area contributed by atoms with Crippen molar-refractivity contribution in [1.29, 1.82) is 0 Å². The van der Waals surface area contributed by atoms with Crippen molar-refractivity contribution in [2.75, 3.05) is 40.9 Å². The summed E-state index contributed by atoms with van der Waals surface area (Å²) in [5.41, 5.74) is 1.21. The first-order chi connectivity index (χ1) is 12.0. The van der Waals surface area contributed by atoms with Gasteiger partial charge in [0.1, 0.15) is 11.5 Å². The zero-order valence-corrected chi connectivity index (χ0v) is 18.9. The lowest BCUT2D eigenvalue weighted by Gasteiger charge is -2.20. The number of likely N-dealkylation sites (tertiary alicyclic amines) is 1. The summed E-state index contributed by atoms with van der Waals surface area (Å²) in [6, 6.07) is 6.48. The van der Waals surface area contributed by atoms with Gasteiger partial charge in [0, 0.05) is 45.3 Å². The van der Waals surface area contributed by atoms with Crippen LogP contribution in [0.1, 0.15) is 25.8 Å². The second-order valence-corrected chi connectivity index (χ2v) is 6.93. The predicted octanol–water partition coefficient (Wildman–Crippen LogP) is 2.72. The van der Waals surface area contributed by atoms with E-state index in [1.165, 1.54) is 5.56 Å². The Hall–Kier alpha value is -1.22. The van der Waals surface area contributed by atoms with E-state index in [9.17, 15) is 0 Å². The van der Waals surface area contributed by atoms with E-state index in [1.54, 1.807) is 14.2 Å². The van der Waals surface area contributed by atoms with Crippen LogP contribution in [0.4, 0.5) is 0 Å². The van der Waals surface area contributed by atoms with Crippen LogP contribution in [0.25, 0.3) is 0 Å². The molecular weight excluding hydrogens is 443 g/mol. The maximum absolute atomic E-state index is 5.36. The number of hydrogen-bond acceptors (Lipinski definition) is 4. The zero-order valence-electron chi connectivity index (χ0n) is 16.5. The van der Waals surface area contributed by atoms with Crippen molar-refractivity contribution in [2.24, 2.45) is 10.9 Å². The average molecular weight is 476 g/mol. The molecule has 0 amide bonds. The van der Waals surface area contributed by atoms with E-state index >= 15 is 0 Å². The van der Waals surface area contributed by atoms with E-state index in [0.29, 0.717) is 12.0 Å². The lowest BCUT2D eigenvalue weighted by Crippen LogP contribution is -2.45. The van der Waals surface area contributed by atoms with Gasteiger partial charge >= 0.3 is 0 Å². The molecule has 1 aliphatic heterocycles. The fraction of sp³-hybridized carbons (Fsp3) is 0.632. The summed E-state index contributed by atoms with van der Waals surface area (Å²) >= 11 is 0. The van der Waals surface area contributed by atoms with E-state index in [4.69, 9.17) is 9.47 Å². The smallest absolute Gasteiger partial charge is 0.191 e. The molecule has 0 aliphatic carbocycles. The highest BCUT2D eigenvalue weighted by Gasteiger charge is 2.23. The summed E-state index contributed by atoms with van der Waals surface area (Å²) < 4.78 is 10.7. The van der Waals surface area contributed by atoms with Gasteiger partial charge in [0.15, 0.2) is 5.96 Å². The Morgan fingerprint density at radius 1 is 1.23 bits per heavy atom. The number of methoxy groups -OCH3 is 2. The molecule has 0 aromatic heterocycles. The molecule has 7 heteroatoms. The van der Waals surface area contributed by atoms with Crippen molar-refractivity contribution < 1.29 is 9.47 Å². The molecular formula is C19H33IN4O2. The lowest BCUT2D eigenvalue weighted by atomic mass is 10.2. The van der Waals surface area contributed by atoms with Crippen molar-refractivity contribution in [1.82, 2.24) is 15.5 Å². The molecule has 2 N–H and O–H groups in total. The third-order valence-electron chi connectivity index (χ3n) is 4.33. The van der Waals surface area contributed by atoms with Crippen LogP contribution in [0, 0.1) is 5.92 Å². The van der Waals surface area contributed by atoms with Crippen molar-refractivity contribution in [3.63, 3.8) is 0 Å². The van der Waals surface area contributed by atoms with E-state index in [2.05, 4.69) is 46.5 Å². The maximum Gasteiger partial charge on any atom is 0.191 e. The molecule has 0 bridgehead atoms. The Morgan fingerprint density at radius 2 is 1.88 bits per heavy atom. The van der Waals surface area contributed by atoms with E-state index in [1.807, 2.05) is 13.1 Å². The molecule has 1 saturated heterocycles. The van der Waals surface area contributed by atoms with Gasteiger partial charge in [-0.2, -0.15) is 0 Å². The molecule has 1 atom stereocenters. The molecule has 6 nitrogen and oxygen atoms in total. The maximum atomic E-state index is 5.36. The number of aliphatic imine (C=N–C) groups is 1. The van der Waals surface area contributed by atoms with Crippen LogP contribution in [0.5, 0.6) is 11.5 Å². The van der Waals surface area contributed by atoms with Gasteiger partial charge in [0.2, 0.25) is 0 Å². The Labute approximate surface area is 174 Å². The van der Waals surface area contributed by atoms with Crippen molar-refractivity contribution in [3.8, 4) is 11.5 Å². The minimum Gasteiger partial charge on any atom is -0.497 e. The van der Waals surface area contributed by atoms with Gasteiger partial charge in [-0.05, 0) is 30.0 Å². The highest BCUT2D eigenvalue weighted by atomic mass is 127. The Kier molecular flexibility index (Phi) is 10.1. The van der Waals surface area contributed by atoms with Crippen LogP contribution in [-0.4, -0.2) is 57.8 Å². The molecule has 148 valence electrons. The summed E-state index contributed by atoms with van der Waals surface area (Å²) in [5, 5.41) is 6.91. The summed E-state index contributed by atoms with van der Waals surface area (Å²) in [7, 11) is 5.19. The molecule has 0 radical (unpaired) electrons. The van der Waals surface area contributed by atoms with Gasteiger partial charge in [-0.3, -0.25) is 9.89 Å². The average Bonchev–Trinajstić information content (AvgIpc) is 3.04. The van der Waals surface area contributed by atoms with Crippen LogP contribution in [-0.2, 0) is 6.54 Å². The zero-order chi connectivity index (χ0) is 18.2. The third kappa shape index (κ3) is 7.19. The fourth-order valence-electron chi connectivity index (χ4n) is 3.00. The number of hydrogen-bond donors (Lipinski definition) is 2. The van der Waals surface area contributed by atoms with Gasteiger partial charge in [-0.1, -0.05) is 13.8 Å². The minimum absolute atomic E-state index is 0. The van der Waals surface area contributed by atoms with Crippen LogP contribution >= 0.6 is 24.0 Å². The topological polar surface area (TPSA) is 58.1 Å². The highest BCUT2D eigenvalue weighted by molar-refractivity contribution is 14.0. The molecule has 0 saturated carbocycles. The summed E-state index contributed by atoms with van der Waals surface area (Å²) in [5.74, 6) is 3.16. The minimum atomic E-state index is 0. The first-order valence-corrected chi connectivity index (χ1v) is 8.95. The highest BCUT2D eigenvalue weighted by Crippen LogP contribution is 2.24. The first kappa shape index (κ1) is 22.8. The number of nitrogens with one attached hydrogen (secondary N) is 2. The largest absolute Gasteiger partial charge is 0.497 e. The van der Waals surface area contributed by atoms with E-state index in [-0.39, 0.29) is 24.0 Å². The summed E-state index contributed by atoms with van der Waals surface area (Å²) in [4.78, 5) is 6.77. The Bertz CT molecular complexity index is 558. The number of nitrogens with zero attached hydrogens (tertiary/aromatic N) is 2. The van der Waals surface area contributed by atoms with Crippen LogP contribution < -0.4 is 20.1 Å². The molecule has 0 spiro atoms. The Morgan fingerprint density at radius 3 is 2.42 bits per heavy atom. The summed E-state index contributed by atoms with van der Waals surface area (Å²) in [6.45, 7) is 8.28. The van der Waals surface area contributed by atoms with Gasteiger partial charge in [0.25, 0.3) is 0 Å². The van der Waals surface area contributed by atoms with Crippen LogP contribution in [0.3, 0.4) is 0 Å². The van der Waals surface area contributed by atoms with Gasteiger partial charge in [-0.25, -0.2) is 0 Å². The standard InChI is InChI=1S/C19H32N4O2.HI/c1-14(2)11-21-19(20-3)22-16-6-7-23(13-16)12-15-8-17(24-4)10-18(9-15)25-5;/h8-10,14,16H,6-7,11-13H2,1-5H3,(H2,20,21,22);1H. The monoisotopic (exact) mass is 476 g/mol. The van der Waals surface area contributed by atoms with Crippen molar-refractivity contribution in [2.45, 2.75) is 32.9 Å². The molecule has 1 heterocycles. The Balaban J connectivity index is 0.00000338. The van der Waals surface area contributed by atoms with E-state index in [0.717, 1.165) is 50.1 Å². The second kappa shape index (κ2) is 11.5. The van der Waals surface area contributed by atoms with Crippen LogP contribution in [0.15, 0.2) is 23.2 Å². The molecule has 1 fully saturated rings. The van der Waals surface area contributed by atoms with Crippen molar-refractivity contribution >= 4 is 29.9 Å². The first-order valence-electron chi connectivity index (χ1n) is 8.95. The number of halogens is 1. The lowest BCUT2D eigenvalue weighted by molar-refractivity contribution is 0.321. The quantitative estimate of drug-likeness (QED) is 0.360. The number of ether oxygens (including phenoxy) is 2. The molecule has 1 aliphatic rings. The number of benzene rings is 1. The number of guanidine groups is 1. The number of rotatable bonds is 7. The predicted molar refractivity (Wildman–Crippen MR) is 118 cm³/mol. The second-order valence-electron chi connectivity index (χ2n) is 6.93. The molecule has 1 aromatic rings. The normalized spacial score (nSPS) is 17.8. The molecule has 1 unspecified atom stereocenters. The molecule has 2 rings (SSSR count).